The van der Waals surface area contributed by atoms with Gasteiger partial charge in [-0.15, -0.1) is 0 Å². The number of anilines is 1. The third-order valence-electron chi connectivity index (χ3n) is 6.15. The number of allylic oxidation sites excluding steroid dienone is 1. The molecule has 0 saturated heterocycles. The maximum Gasteiger partial charge on any atom is 0.121 e. The summed E-state index contributed by atoms with van der Waals surface area (Å²) in [4.78, 5) is 5.83. The number of halogens is 2. The Morgan fingerprint density at radius 3 is 2.80 bits per heavy atom. The summed E-state index contributed by atoms with van der Waals surface area (Å²) in [7, 11) is 2.09. The summed E-state index contributed by atoms with van der Waals surface area (Å²) in [5.41, 5.74) is 3.49. The molecule has 0 radical (unpaired) electrons. The predicted octanol–water partition coefficient (Wildman–Crippen LogP) is 4.73. The zero-order valence-electron chi connectivity index (χ0n) is 16.9. The number of hydrogen-bond acceptors (Lipinski definition) is 4. The number of fused-ring (bicyclic) bond motifs is 3. The molecule has 1 saturated carbocycles. The van der Waals surface area contributed by atoms with Crippen molar-refractivity contribution in [1.29, 1.82) is 0 Å². The number of hydrogen-bond donors (Lipinski definition) is 1. The molecule has 1 aromatic heterocycles. The molecule has 0 spiro atoms. The van der Waals surface area contributed by atoms with Crippen LogP contribution in [-0.4, -0.2) is 24.7 Å². The van der Waals surface area contributed by atoms with Crippen molar-refractivity contribution in [2.45, 2.75) is 38.3 Å². The van der Waals surface area contributed by atoms with Crippen LogP contribution in [0.4, 0.5) is 5.69 Å². The molecule has 2 aliphatic heterocycles. The smallest absolute Gasteiger partial charge is 0.121 e. The third-order valence-corrected chi connectivity index (χ3v) is 6.65. The summed E-state index contributed by atoms with van der Waals surface area (Å²) >= 11 is 12.4. The number of benzene rings is 1. The highest BCUT2D eigenvalue weighted by molar-refractivity contribution is 6.34. The molecular formula is C23H24Cl2N4O. The van der Waals surface area contributed by atoms with E-state index in [4.69, 9.17) is 27.9 Å². The lowest BCUT2D eigenvalue weighted by molar-refractivity contribution is 0.142. The largest absolute Gasteiger partial charge is 0.490 e. The van der Waals surface area contributed by atoms with Gasteiger partial charge in [0.2, 0.25) is 0 Å². The number of nitrogens with one attached hydrogen (secondary N) is 1. The molecule has 7 heteroatoms. The van der Waals surface area contributed by atoms with Crippen LogP contribution in [0.3, 0.4) is 0 Å². The van der Waals surface area contributed by atoms with Crippen LogP contribution in [0.15, 0.2) is 45.6 Å². The van der Waals surface area contributed by atoms with Crippen LogP contribution in [0, 0.1) is 5.92 Å². The maximum absolute atomic E-state index is 6.34. The molecule has 3 heterocycles. The van der Waals surface area contributed by atoms with Gasteiger partial charge >= 0.3 is 0 Å². The number of ether oxygens (including phenoxy) is 1. The van der Waals surface area contributed by atoms with Gasteiger partial charge in [-0.2, -0.15) is 10.2 Å². The summed E-state index contributed by atoms with van der Waals surface area (Å²) in [6.45, 7) is 1.39. The highest BCUT2D eigenvalue weighted by atomic mass is 35.5. The first-order chi connectivity index (χ1) is 14.6. The summed E-state index contributed by atoms with van der Waals surface area (Å²) in [6, 6.07) is 7.63. The Bertz CT molecular complexity index is 1140. The molecular weight excluding hydrogens is 419 g/mol. The van der Waals surface area contributed by atoms with Crippen molar-refractivity contribution in [1.82, 2.24) is 4.98 Å². The van der Waals surface area contributed by atoms with Crippen molar-refractivity contribution in [3.63, 3.8) is 0 Å². The molecule has 156 valence electrons. The van der Waals surface area contributed by atoms with Crippen LogP contribution in [0.2, 0.25) is 5.02 Å². The molecule has 30 heavy (non-hydrogen) atoms. The second-order valence-electron chi connectivity index (χ2n) is 8.19. The Morgan fingerprint density at radius 2 is 2.00 bits per heavy atom. The van der Waals surface area contributed by atoms with Gasteiger partial charge in [0.15, 0.2) is 0 Å². The Labute approximate surface area is 185 Å². The van der Waals surface area contributed by atoms with Gasteiger partial charge in [-0.1, -0.05) is 29.3 Å². The summed E-state index contributed by atoms with van der Waals surface area (Å²) in [5, 5.41) is 12.7. The molecule has 2 aromatic rings. The number of rotatable bonds is 3. The van der Waals surface area contributed by atoms with Gasteiger partial charge in [0, 0.05) is 35.1 Å². The van der Waals surface area contributed by atoms with E-state index in [9.17, 15) is 0 Å². The number of azo groups is 1. The quantitative estimate of drug-likeness (QED) is 0.746. The van der Waals surface area contributed by atoms with Gasteiger partial charge in [-0.05, 0) is 56.0 Å². The van der Waals surface area contributed by atoms with Gasteiger partial charge in [-0.3, -0.25) is 0 Å². The van der Waals surface area contributed by atoms with Crippen molar-refractivity contribution in [3.05, 3.63) is 56.7 Å². The van der Waals surface area contributed by atoms with Crippen LogP contribution in [-0.2, 0) is 6.54 Å². The normalized spacial score (nSPS) is 23.2. The van der Waals surface area contributed by atoms with Crippen LogP contribution >= 0.6 is 23.2 Å². The van der Waals surface area contributed by atoms with Crippen molar-refractivity contribution < 1.29 is 4.74 Å². The van der Waals surface area contributed by atoms with Crippen LogP contribution < -0.4 is 20.3 Å². The number of H-pyrrole nitrogens is 1. The molecule has 1 fully saturated rings. The van der Waals surface area contributed by atoms with E-state index in [1.165, 1.54) is 11.3 Å². The second kappa shape index (κ2) is 8.12. The van der Waals surface area contributed by atoms with Crippen LogP contribution in [0.25, 0.3) is 11.8 Å². The highest BCUT2D eigenvalue weighted by Crippen LogP contribution is 2.35. The van der Waals surface area contributed by atoms with Crippen LogP contribution in [0.1, 0.15) is 31.2 Å². The average molecular weight is 443 g/mol. The fraction of sp³-hybridized carbons (Fsp3) is 0.391. The van der Waals surface area contributed by atoms with E-state index in [1.807, 2.05) is 36.4 Å². The lowest BCUT2D eigenvalue weighted by atomic mass is 9.84. The fourth-order valence-electron chi connectivity index (χ4n) is 4.68. The van der Waals surface area contributed by atoms with Crippen molar-refractivity contribution in [3.8, 4) is 5.75 Å². The molecule has 0 unspecified atom stereocenters. The lowest BCUT2D eigenvalue weighted by Crippen LogP contribution is -2.28. The zero-order valence-corrected chi connectivity index (χ0v) is 18.4. The highest BCUT2D eigenvalue weighted by Gasteiger charge is 2.29. The van der Waals surface area contributed by atoms with Crippen molar-refractivity contribution in [2.24, 2.45) is 16.1 Å². The maximum atomic E-state index is 6.34. The van der Waals surface area contributed by atoms with E-state index >= 15 is 0 Å². The van der Waals surface area contributed by atoms with E-state index in [1.54, 1.807) is 0 Å². The molecule has 1 N–H and O–H groups in total. The first-order valence-corrected chi connectivity index (χ1v) is 11.2. The summed E-state index contributed by atoms with van der Waals surface area (Å²) < 4.78 is 6.16. The molecule has 0 bridgehead atoms. The first-order valence-electron chi connectivity index (χ1n) is 10.4. The molecule has 1 aromatic carbocycles. The van der Waals surface area contributed by atoms with E-state index in [0.29, 0.717) is 17.5 Å². The molecule has 3 aliphatic rings. The minimum atomic E-state index is 0.212. The molecule has 1 aliphatic carbocycles. The van der Waals surface area contributed by atoms with Gasteiger partial charge < -0.3 is 14.6 Å². The Morgan fingerprint density at radius 1 is 1.17 bits per heavy atom. The number of nitrogens with zero attached hydrogens (tertiary/aromatic N) is 3. The summed E-state index contributed by atoms with van der Waals surface area (Å²) in [5.74, 6) is 1.22. The lowest BCUT2D eigenvalue weighted by Gasteiger charge is -2.29. The Kier molecular flexibility index (Phi) is 5.34. The number of aromatic amines is 1. The predicted molar refractivity (Wildman–Crippen MR) is 122 cm³/mol. The monoisotopic (exact) mass is 442 g/mol. The van der Waals surface area contributed by atoms with Gasteiger partial charge in [0.05, 0.1) is 34.7 Å². The molecule has 5 nitrogen and oxygen atoms in total. The molecule has 0 amide bonds. The van der Waals surface area contributed by atoms with E-state index < -0.39 is 0 Å². The fourth-order valence-corrected chi connectivity index (χ4v) is 5.04. The second-order valence-corrected chi connectivity index (χ2v) is 9.06. The Balaban J connectivity index is 1.40. The zero-order chi connectivity index (χ0) is 20.7. The Hall–Kier alpha value is -2.24. The van der Waals surface area contributed by atoms with Gasteiger partial charge in [-0.25, -0.2) is 0 Å². The van der Waals surface area contributed by atoms with Crippen molar-refractivity contribution in [2.75, 3.05) is 18.5 Å². The minimum Gasteiger partial charge on any atom is -0.490 e. The summed E-state index contributed by atoms with van der Waals surface area (Å²) in [6.07, 6.45) is 8.29. The van der Waals surface area contributed by atoms with Gasteiger partial charge in [0.1, 0.15) is 5.75 Å². The number of aromatic nitrogens is 1. The third kappa shape index (κ3) is 3.77. The molecule has 0 atom stereocenters. The van der Waals surface area contributed by atoms with Crippen molar-refractivity contribution >= 4 is 40.7 Å². The molecule has 5 rings (SSSR count). The standard InChI is InChI=1S/C23H24Cl2N4O/c1-29-10-9-16(25)12-20-23(29)19-13-26-28-21(22(19)27-20)14-5-7-17(8-6-14)30-18-4-2-3-15(24)11-18/h2-4,9,11-12,14,17,27H,5-8,10,13H2,1H3. The SMILES string of the molecule is CN1CC=C(Cl)C=c2[nH]c3c(c21)CN=NC=3C1CCC(Oc2cccc(Cl)c2)CC1. The van der Waals surface area contributed by atoms with Crippen LogP contribution in [0.5, 0.6) is 5.75 Å². The van der Waals surface area contributed by atoms with E-state index in [0.717, 1.165) is 59.4 Å². The average Bonchev–Trinajstić information content (AvgIpc) is 3.03. The van der Waals surface area contributed by atoms with E-state index in [-0.39, 0.29) is 6.10 Å². The first kappa shape index (κ1) is 19.7. The topological polar surface area (TPSA) is 53.0 Å². The number of likely N-dealkylation sites (N-methyl/N-ethyl adjacent to an activating group) is 1. The van der Waals surface area contributed by atoms with E-state index in [2.05, 4.69) is 27.2 Å². The minimum absolute atomic E-state index is 0.212. The van der Waals surface area contributed by atoms with Gasteiger partial charge in [0.25, 0.3) is 0 Å².